The topological polar surface area (TPSA) is 74.7 Å². The molecule has 20 heavy (non-hydrogen) atoms. The van der Waals surface area contributed by atoms with Crippen molar-refractivity contribution < 1.29 is 22.7 Å². The molecule has 1 N–H and O–H groups in total. The number of hydrogen-bond acceptors (Lipinski definition) is 3. The first kappa shape index (κ1) is 15.4. The molecule has 8 heteroatoms. The van der Waals surface area contributed by atoms with Crippen molar-refractivity contribution in [2.45, 2.75) is 11.8 Å². The van der Waals surface area contributed by atoms with Crippen LogP contribution in [-0.2, 0) is 14.8 Å². The molecule has 1 heterocycles. The van der Waals surface area contributed by atoms with E-state index in [1.54, 1.807) is 6.92 Å². The summed E-state index contributed by atoms with van der Waals surface area (Å²) in [6, 6.07) is 3.54. The van der Waals surface area contributed by atoms with Gasteiger partial charge in [0, 0.05) is 13.1 Å². The third-order valence-corrected chi connectivity index (χ3v) is 5.90. The van der Waals surface area contributed by atoms with Crippen LogP contribution in [0.4, 0.5) is 4.39 Å². The molecule has 2 unspecified atom stereocenters. The fourth-order valence-corrected chi connectivity index (χ4v) is 4.05. The summed E-state index contributed by atoms with van der Waals surface area (Å²) in [5.74, 6) is -2.70. The second kappa shape index (κ2) is 5.42. The standard InChI is InChI=1S/C12H13BrFNO4S/c1-7-5-15(6-9(7)12(16)17)20(18,19)8-2-3-10(13)11(14)4-8/h2-4,7,9H,5-6H2,1H3,(H,16,17). The SMILES string of the molecule is CC1CN(S(=O)(=O)c2ccc(Br)c(F)c2)CC1C(=O)O. The summed E-state index contributed by atoms with van der Waals surface area (Å²) in [6.07, 6.45) is 0. The number of nitrogens with zero attached hydrogens (tertiary/aromatic N) is 1. The highest BCUT2D eigenvalue weighted by atomic mass is 79.9. The average Bonchev–Trinajstić information content (AvgIpc) is 2.75. The van der Waals surface area contributed by atoms with Gasteiger partial charge in [-0.25, -0.2) is 12.8 Å². The first-order valence-corrected chi connectivity index (χ1v) is 8.15. The maximum atomic E-state index is 13.5. The zero-order valence-corrected chi connectivity index (χ0v) is 13.0. The van der Waals surface area contributed by atoms with Gasteiger partial charge in [0.1, 0.15) is 5.82 Å². The third-order valence-electron chi connectivity index (χ3n) is 3.42. The van der Waals surface area contributed by atoms with E-state index >= 15 is 0 Å². The first-order valence-electron chi connectivity index (χ1n) is 5.91. The van der Waals surface area contributed by atoms with Gasteiger partial charge in [-0.1, -0.05) is 6.92 Å². The van der Waals surface area contributed by atoms with Crippen LogP contribution in [-0.4, -0.2) is 36.9 Å². The van der Waals surface area contributed by atoms with Crippen LogP contribution in [0.2, 0.25) is 0 Å². The van der Waals surface area contributed by atoms with Crippen LogP contribution in [0.15, 0.2) is 27.6 Å². The molecule has 0 aromatic heterocycles. The minimum atomic E-state index is -3.87. The van der Waals surface area contributed by atoms with E-state index < -0.39 is 27.7 Å². The number of benzene rings is 1. The van der Waals surface area contributed by atoms with Crippen molar-refractivity contribution in [1.29, 1.82) is 0 Å². The second-order valence-corrected chi connectivity index (χ2v) is 7.61. The van der Waals surface area contributed by atoms with E-state index in [0.29, 0.717) is 0 Å². The monoisotopic (exact) mass is 365 g/mol. The van der Waals surface area contributed by atoms with Gasteiger partial charge in [0.05, 0.1) is 15.3 Å². The van der Waals surface area contributed by atoms with Gasteiger partial charge in [0.15, 0.2) is 0 Å². The number of rotatable bonds is 3. The molecule has 2 rings (SSSR count). The molecule has 1 saturated heterocycles. The van der Waals surface area contributed by atoms with Crippen molar-refractivity contribution in [3.63, 3.8) is 0 Å². The summed E-state index contributed by atoms with van der Waals surface area (Å²) in [5.41, 5.74) is 0. The Morgan fingerprint density at radius 2 is 2.10 bits per heavy atom. The van der Waals surface area contributed by atoms with E-state index in [4.69, 9.17) is 5.11 Å². The molecule has 0 amide bonds. The van der Waals surface area contributed by atoms with Gasteiger partial charge in [0.2, 0.25) is 10.0 Å². The minimum absolute atomic E-state index is 0.0868. The van der Waals surface area contributed by atoms with Gasteiger partial charge in [-0.2, -0.15) is 4.31 Å². The maximum absolute atomic E-state index is 13.5. The quantitative estimate of drug-likeness (QED) is 0.887. The molecule has 0 saturated carbocycles. The Morgan fingerprint density at radius 3 is 2.60 bits per heavy atom. The molecule has 5 nitrogen and oxygen atoms in total. The molecule has 1 aliphatic heterocycles. The lowest BCUT2D eigenvalue weighted by atomic mass is 9.99. The summed E-state index contributed by atoms with van der Waals surface area (Å²) < 4.78 is 39.5. The van der Waals surface area contributed by atoms with E-state index in [9.17, 15) is 17.6 Å². The van der Waals surface area contributed by atoms with Crippen molar-refractivity contribution in [2.24, 2.45) is 11.8 Å². The van der Waals surface area contributed by atoms with Crippen LogP contribution >= 0.6 is 15.9 Å². The number of halogens is 2. The highest BCUT2D eigenvalue weighted by molar-refractivity contribution is 9.10. The second-order valence-electron chi connectivity index (χ2n) is 4.82. The van der Waals surface area contributed by atoms with Gasteiger partial charge in [-0.15, -0.1) is 0 Å². The first-order chi connectivity index (χ1) is 9.23. The van der Waals surface area contributed by atoms with Crippen LogP contribution in [0, 0.1) is 17.7 Å². The summed E-state index contributed by atoms with van der Waals surface area (Å²) in [6.45, 7) is 1.73. The van der Waals surface area contributed by atoms with E-state index in [1.807, 2.05) is 0 Å². The largest absolute Gasteiger partial charge is 0.481 e. The number of sulfonamides is 1. The van der Waals surface area contributed by atoms with Crippen LogP contribution in [0.3, 0.4) is 0 Å². The van der Waals surface area contributed by atoms with Crippen LogP contribution in [0.5, 0.6) is 0 Å². The van der Waals surface area contributed by atoms with Crippen molar-refractivity contribution in [2.75, 3.05) is 13.1 Å². The molecule has 0 bridgehead atoms. The lowest BCUT2D eigenvalue weighted by molar-refractivity contribution is -0.142. The number of carbonyl (C=O) groups is 1. The van der Waals surface area contributed by atoms with Crippen molar-refractivity contribution >= 4 is 31.9 Å². The highest BCUT2D eigenvalue weighted by Crippen LogP contribution is 2.29. The van der Waals surface area contributed by atoms with E-state index in [-0.39, 0.29) is 28.4 Å². The number of hydrogen-bond donors (Lipinski definition) is 1. The Hall–Kier alpha value is -0.990. The summed E-state index contributed by atoms with van der Waals surface area (Å²) >= 11 is 2.96. The average molecular weight is 366 g/mol. The molecule has 1 aromatic rings. The Bertz CT molecular complexity index is 649. The number of carboxylic acid groups (broad SMARTS) is 1. The maximum Gasteiger partial charge on any atom is 0.308 e. The molecular formula is C12H13BrFNO4S. The summed E-state index contributed by atoms with van der Waals surface area (Å²) in [4.78, 5) is 10.9. The molecule has 0 spiro atoms. The van der Waals surface area contributed by atoms with Gasteiger partial charge in [0.25, 0.3) is 0 Å². The van der Waals surface area contributed by atoms with Gasteiger partial charge in [-0.05, 0) is 40.0 Å². The predicted molar refractivity (Wildman–Crippen MR) is 73.1 cm³/mol. The van der Waals surface area contributed by atoms with Crippen LogP contribution in [0.1, 0.15) is 6.92 Å². The van der Waals surface area contributed by atoms with Crippen molar-refractivity contribution in [3.8, 4) is 0 Å². The van der Waals surface area contributed by atoms with Crippen LogP contribution < -0.4 is 0 Å². The lowest BCUT2D eigenvalue weighted by Crippen LogP contribution is -2.30. The predicted octanol–water partition coefficient (Wildman–Crippen LogP) is 1.93. The highest BCUT2D eigenvalue weighted by Gasteiger charge is 2.40. The molecule has 1 aromatic carbocycles. The van der Waals surface area contributed by atoms with Crippen LogP contribution in [0.25, 0.3) is 0 Å². The zero-order valence-electron chi connectivity index (χ0n) is 10.6. The molecule has 2 atom stereocenters. The summed E-state index contributed by atoms with van der Waals surface area (Å²) in [5, 5.41) is 9.03. The molecule has 0 aliphatic carbocycles. The van der Waals surface area contributed by atoms with Crippen molar-refractivity contribution in [1.82, 2.24) is 4.31 Å². The Morgan fingerprint density at radius 1 is 1.45 bits per heavy atom. The van der Waals surface area contributed by atoms with Crippen molar-refractivity contribution in [3.05, 3.63) is 28.5 Å². The number of carboxylic acids is 1. The fraction of sp³-hybridized carbons (Fsp3) is 0.417. The van der Waals surface area contributed by atoms with E-state index in [0.717, 1.165) is 10.4 Å². The zero-order chi connectivity index (χ0) is 15.1. The molecule has 110 valence electrons. The Balaban J connectivity index is 2.32. The van der Waals surface area contributed by atoms with E-state index in [2.05, 4.69) is 15.9 Å². The smallest absolute Gasteiger partial charge is 0.308 e. The third kappa shape index (κ3) is 2.72. The molecule has 0 radical (unpaired) electrons. The lowest BCUT2D eigenvalue weighted by Gasteiger charge is -2.16. The molecular weight excluding hydrogens is 353 g/mol. The summed E-state index contributed by atoms with van der Waals surface area (Å²) in [7, 11) is -3.87. The van der Waals surface area contributed by atoms with Gasteiger partial charge >= 0.3 is 5.97 Å². The molecule has 1 aliphatic rings. The van der Waals surface area contributed by atoms with Gasteiger partial charge in [-0.3, -0.25) is 4.79 Å². The Kier molecular flexibility index (Phi) is 4.17. The minimum Gasteiger partial charge on any atom is -0.481 e. The normalized spacial score (nSPS) is 23.9. The molecule has 1 fully saturated rings. The fourth-order valence-electron chi connectivity index (χ4n) is 2.23. The van der Waals surface area contributed by atoms with Gasteiger partial charge < -0.3 is 5.11 Å². The number of aliphatic carboxylic acids is 1. The van der Waals surface area contributed by atoms with E-state index in [1.165, 1.54) is 12.1 Å². The Labute approximate surface area is 124 Å².